The van der Waals surface area contributed by atoms with Crippen LogP contribution in [0.5, 0.6) is 11.5 Å². The number of methoxy groups -OCH3 is 2. The van der Waals surface area contributed by atoms with Gasteiger partial charge in [-0.05, 0) is 64.2 Å². The minimum atomic E-state index is -3.71. The first-order chi connectivity index (χ1) is 18.6. The summed E-state index contributed by atoms with van der Waals surface area (Å²) >= 11 is 1.39. The third kappa shape index (κ3) is 7.23. The molecule has 0 saturated carbocycles. The fraction of sp³-hybridized carbons (Fsp3) is 0.481. The topological polar surface area (TPSA) is 102 Å². The lowest BCUT2D eigenvalue weighted by Crippen LogP contribution is -2.34. The Hall–Kier alpha value is -2.48. The molecule has 0 aliphatic carbocycles. The van der Waals surface area contributed by atoms with Crippen LogP contribution in [0.3, 0.4) is 0 Å². The van der Waals surface area contributed by atoms with Crippen LogP contribution in [-0.4, -0.2) is 96.2 Å². The normalized spacial score (nSPS) is 15.4. The van der Waals surface area contributed by atoms with Crippen LogP contribution in [0, 0.1) is 0 Å². The van der Waals surface area contributed by atoms with Crippen molar-refractivity contribution in [3.63, 3.8) is 0 Å². The molecule has 0 bridgehead atoms. The summed E-state index contributed by atoms with van der Waals surface area (Å²) in [6.45, 7) is 2.21. The molecule has 1 aliphatic heterocycles. The SMILES string of the molecule is COc1cc2nc(N(CCCN(C)C)C(=O)c3ccc(S(=O)(=O)N(C)CC4CCCO4)cc3)sc2cc1OC.Cl. The maximum Gasteiger partial charge on any atom is 0.260 e. The zero-order chi connectivity index (χ0) is 28.2. The van der Waals surface area contributed by atoms with Gasteiger partial charge in [0.2, 0.25) is 10.0 Å². The summed E-state index contributed by atoms with van der Waals surface area (Å²) in [5, 5.41) is 0.553. The molecule has 0 radical (unpaired) electrons. The van der Waals surface area contributed by atoms with E-state index in [9.17, 15) is 13.2 Å². The van der Waals surface area contributed by atoms with E-state index in [0.717, 1.165) is 30.5 Å². The molecule has 3 aromatic rings. The number of carbonyl (C=O) groups is 1. The molecule has 1 aromatic heterocycles. The van der Waals surface area contributed by atoms with Gasteiger partial charge in [0, 0.05) is 44.4 Å². The number of nitrogens with zero attached hydrogens (tertiary/aromatic N) is 4. The van der Waals surface area contributed by atoms with Gasteiger partial charge in [-0.15, -0.1) is 12.4 Å². The molecule has 4 rings (SSSR count). The Kier molecular flexibility index (Phi) is 11.2. The molecule has 1 atom stereocenters. The molecule has 1 amide bonds. The summed E-state index contributed by atoms with van der Waals surface area (Å²) < 4.78 is 44.8. The third-order valence-corrected chi connectivity index (χ3v) is 9.52. The van der Waals surface area contributed by atoms with Crippen LogP contribution in [0.25, 0.3) is 10.2 Å². The fourth-order valence-electron chi connectivity index (χ4n) is 4.47. The van der Waals surface area contributed by atoms with Crippen molar-refractivity contribution in [3.8, 4) is 11.5 Å². The Morgan fingerprint density at radius 1 is 1.07 bits per heavy atom. The number of fused-ring (bicyclic) bond motifs is 1. The lowest BCUT2D eigenvalue weighted by Gasteiger charge is -2.22. The number of thiazole rings is 1. The Labute approximate surface area is 246 Å². The monoisotopic (exact) mass is 612 g/mol. The molecule has 1 unspecified atom stereocenters. The van der Waals surface area contributed by atoms with Crippen molar-refractivity contribution in [2.75, 3.05) is 66.5 Å². The highest BCUT2D eigenvalue weighted by Gasteiger charge is 2.27. The van der Waals surface area contributed by atoms with E-state index in [0.29, 0.717) is 47.4 Å². The summed E-state index contributed by atoms with van der Waals surface area (Å²) in [6.07, 6.45) is 2.44. The van der Waals surface area contributed by atoms with E-state index < -0.39 is 10.0 Å². The number of sulfonamides is 1. The van der Waals surface area contributed by atoms with Gasteiger partial charge < -0.3 is 19.1 Å². The van der Waals surface area contributed by atoms with Crippen LogP contribution in [0.4, 0.5) is 5.13 Å². The molecule has 0 spiro atoms. The summed E-state index contributed by atoms with van der Waals surface area (Å²) in [6, 6.07) is 9.75. The number of ether oxygens (including phenoxy) is 3. The van der Waals surface area contributed by atoms with Gasteiger partial charge in [-0.25, -0.2) is 13.4 Å². The Morgan fingerprint density at radius 3 is 2.35 bits per heavy atom. The van der Waals surface area contributed by atoms with Gasteiger partial charge in [0.25, 0.3) is 5.91 Å². The first-order valence-electron chi connectivity index (χ1n) is 12.8. The molecule has 1 fully saturated rings. The Balaban J connectivity index is 0.00000441. The zero-order valence-corrected chi connectivity index (χ0v) is 25.9. The zero-order valence-electron chi connectivity index (χ0n) is 23.5. The predicted molar refractivity (Wildman–Crippen MR) is 160 cm³/mol. The maximum absolute atomic E-state index is 13.7. The third-order valence-electron chi connectivity index (χ3n) is 6.64. The molecule has 0 N–H and O–H groups in total. The second-order valence-corrected chi connectivity index (χ2v) is 12.8. The van der Waals surface area contributed by atoms with Crippen LogP contribution >= 0.6 is 23.7 Å². The second kappa shape index (κ2) is 13.9. The van der Waals surface area contributed by atoms with Gasteiger partial charge in [-0.1, -0.05) is 11.3 Å². The highest BCUT2D eigenvalue weighted by Crippen LogP contribution is 2.37. The van der Waals surface area contributed by atoms with Gasteiger partial charge in [0.1, 0.15) is 0 Å². The van der Waals surface area contributed by atoms with Gasteiger partial charge in [-0.2, -0.15) is 4.31 Å². The van der Waals surface area contributed by atoms with E-state index in [4.69, 9.17) is 19.2 Å². The van der Waals surface area contributed by atoms with Gasteiger partial charge in [-0.3, -0.25) is 9.69 Å². The molecular weight excluding hydrogens is 576 g/mol. The number of amides is 1. The number of rotatable bonds is 12. The van der Waals surface area contributed by atoms with Crippen LogP contribution in [0.15, 0.2) is 41.3 Å². The van der Waals surface area contributed by atoms with E-state index >= 15 is 0 Å². The standard InChI is InChI=1S/C27H36N4O6S2.ClH/c1-29(2)13-7-14-31(27-28-22-16-23(35-4)24(36-5)17-25(22)38-27)26(32)19-9-11-21(12-10-19)39(33,34)30(3)18-20-8-6-15-37-20;/h9-12,16-17,20H,6-8,13-15,18H2,1-5H3;1H. The molecule has 13 heteroatoms. The van der Waals surface area contributed by atoms with Crippen molar-refractivity contribution in [2.24, 2.45) is 0 Å². The quantitative estimate of drug-likeness (QED) is 0.301. The summed E-state index contributed by atoms with van der Waals surface area (Å²) in [5.74, 6) is 0.906. The van der Waals surface area contributed by atoms with Crippen molar-refractivity contribution in [2.45, 2.75) is 30.3 Å². The van der Waals surface area contributed by atoms with Crippen LogP contribution in [-0.2, 0) is 14.8 Å². The van der Waals surface area contributed by atoms with E-state index in [1.807, 2.05) is 20.2 Å². The van der Waals surface area contributed by atoms with E-state index in [1.54, 1.807) is 44.4 Å². The van der Waals surface area contributed by atoms with Gasteiger partial charge >= 0.3 is 0 Å². The van der Waals surface area contributed by atoms with Gasteiger partial charge in [0.15, 0.2) is 16.6 Å². The number of anilines is 1. The molecule has 1 aliphatic rings. The predicted octanol–water partition coefficient (Wildman–Crippen LogP) is 4.13. The average Bonchev–Trinajstić information content (AvgIpc) is 3.59. The number of likely N-dealkylation sites (N-methyl/N-ethyl adjacent to an activating group) is 1. The minimum Gasteiger partial charge on any atom is -0.493 e. The van der Waals surface area contributed by atoms with Crippen LogP contribution < -0.4 is 14.4 Å². The lowest BCUT2D eigenvalue weighted by atomic mass is 10.2. The summed E-state index contributed by atoms with van der Waals surface area (Å²) in [4.78, 5) is 22.3. The number of aromatic nitrogens is 1. The molecule has 2 heterocycles. The number of halogens is 1. The van der Waals surface area contributed by atoms with Crippen molar-refractivity contribution in [1.29, 1.82) is 0 Å². The van der Waals surface area contributed by atoms with E-state index in [-0.39, 0.29) is 29.3 Å². The maximum atomic E-state index is 13.7. The second-order valence-electron chi connectivity index (χ2n) is 9.73. The highest BCUT2D eigenvalue weighted by atomic mass is 35.5. The lowest BCUT2D eigenvalue weighted by molar-refractivity contribution is 0.0978. The van der Waals surface area contributed by atoms with Crippen LogP contribution in [0.1, 0.15) is 29.6 Å². The van der Waals surface area contributed by atoms with E-state index in [2.05, 4.69) is 4.90 Å². The fourth-order valence-corrected chi connectivity index (χ4v) is 6.67. The first-order valence-corrected chi connectivity index (χ1v) is 15.1. The van der Waals surface area contributed by atoms with Crippen molar-refractivity contribution in [1.82, 2.24) is 14.2 Å². The first kappa shape index (κ1) is 32.0. The molecular formula is C27H37ClN4O6S2. The van der Waals surface area contributed by atoms with Gasteiger partial charge in [0.05, 0.1) is 35.4 Å². The summed E-state index contributed by atoms with van der Waals surface area (Å²) in [5.41, 5.74) is 1.09. The van der Waals surface area contributed by atoms with Crippen molar-refractivity contribution < 1.29 is 27.4 Å². The molecule has 2 aromatic carbocycles. The van der Waals surface area contributed by atoms with Crippen LogP contribution in [0.2, 0.25) is 0 Å². The molecule has 10 nitrogen and oxygen atoms in total. The molecule has 1 saturated heterocycles. The highest BCUT2D eigenvalue weighted by molar-refractivity contribution is 7.89. The summed E-state index contributed by atoms with van der Waals surface area (Å²) in [7, 11) is 4.96. The average molecular weight is 613 g/mol. The number of hydrogen-bond donors (Lipinski definition) is 0. The molecule has 220 valence electrons. The number of benzene rings is 2. The van der Waals surface area contributed by atoms with Crippen molar-refractivity contribution >= 4 is 55.0 Å². The smallest absolute Gasteiger partial charge is 0.260 e. The largest absolute Gasteiger partial charge is 0.493 e. The Morgan fingerprint density at radius 2 is 1.75 bits per heavy atom. The minimum absolute atomic E-state index is 0. The van der Waals surface area contributed by atoms with Crippen molar-refractivity contribution in [3.05, 3.63) is 42.0 Å². The number of carbonyl (C=O) groups excluding carboxylic acids is 1. The number of hydrogen-bond acceptors (Lipinski definition) is 9. The molecule has 40 heavy (non-hydrogen) atoms. The Bertz CT molecular complexity index is 1350. The van der Waals surface area contributed by atoms with E-state index in [1.165, 1.54) is 27.8 Å².